The van der Waals surface area contributed by atoms with Crippen LogP contribution >= 0.6 is 0 Å². The van der Waals surface area contributed by atoms with Gasteiger partial charge in [-0.05, 0) is 62.5 Å². The summed E-state index contributed by atoms with van der Waals surface area (Å²) in [5.41, 5.74) is 2.58. The number of rotatable bonds is 3. The van der Waals surface area contributed by atoms with Gasteiger partial charge in [0.1, 0.15) is 6.04 Å². The van der Waals surface area contributed by atoms with Crippen LogP contribution in [0.5, 0.6) is 0 Å². The van der Waals surface area contributed by atoms with Crippen LogP contribution in [0.3, 0.4) is 0 Å². The molecule has 0 spiro atoms. The Morgan fingerprint density at radius 3 is 2.19 bits per heavy atom. The zero-order chi connectivity index (χ0) is 21.2. The Bertz CT molecular complexity index is 931. The molecule has 2 saturated heterocycles. The third kappa shape index (κ3) is 3.99. The smallest absolute Gasteiger partial charge is 0.259 e. The molecule has 0 bridgehead atoms. The van der Waals surface area contributed by atoms with E-state index in [2.05, 4.69) is 4.90 Å². The lowest BCUT2D eigenvalue weighted by atomic mass is 9.99. The zero-order valence-corrected chi connectivity index (χ0v) is 18.1. The van der Waals surface area contributed by atoms with Gasteiger partial charge in [-0.1, -0.05) is 42.8 Å². The van der Waals surface area contributed by atoms with Gasteiger partial charge in [0, 0.05) is 36.8 Å². The minimum absolute atomic E-state index is 0.0906. The highest BCUT2D eigenvalue weighted by Gasteiger charge is 2.41. The van der Waals surface area contributed by atoms with Crippen LogP contribution in [0.1, 0.15) is 48.0 Å². The largest absolute Gasteiger partial charge is 0.341 e. The Labute approximate surface area is 184 Å². The van der Waals surface area contributed by atoms with Crippen molar-refractivity contribution in [2.24, 2.45) is 0 Å². The van der Waals surface area contributed by atoms with E-state index in [9.17, 15) is 9.59 Å². The monoisotopic (exact) mass is 417 g/mol. The second-order valence-corrected chi connectivity index (χ2v) is 9.04. The molecule has 5 nitrogen and oxygen atoms in total. The van der Waals surface area contributed by atoms with Crippen molar-refractivity contribution in [3.8, 4) is 0 Å². The molecule has 0 radical (unpaired) electrons. The Kier molecular flexibility index (Phi) is 5.77. The van der Waals surface area contributed by atoms with Gasteiger partial charge in [0.25, 0.3) is 5.91 Å². The van der Waals surface area contributed by atoms with Crippen molar-refractivity contribution in [1.82, 2.24) is 9.80 Å². The number of para-hydroxylation sites is 1. The van der Waals surface area contributed by atoms with Crippen molar-refractivity contribution in [1.29, 1.82) is 0 Å². The predicted octanol–water partition coefficient (Wildman–Crippen LogP) is 3.74. The predicted molar refractivity (Wildman–Crippen MR) is 122 cm³/mol. The van der Waals surface area contributed by atoms with Crippen LogP contribution in [0.25, 0.3) is 0 Å². The summed E-state index contributed by atoms with van der Waals surface area (Å²) in [5, 5.41) is 0. The minimum Gasteiger partial charge on any atom is -0.341 e. The molecule has 3 aliphatic heterocycles. The molecule has 2 aromatic carbocycles. The van der Waals surface area contributed by atoms with Crippen LogP contribution < -0.4 is 4.90 Å². The first kappa shape index (κ1) is 20.3. The number of carbonyl (C=O) groups is 2. The van der Waals surface area contributed by atoms with Crippen LogP contribution in [0, 0.1) is 0 Å². The number of hydrogen-bond donors (Lipinski definition) is 0. The van der Waals surface area contributed by atoms with Gasteiger partial charge in [-0.25, -0.2) is 0 Å². The molecule has 5 heteroatoms. The molecule has 0 saturated carbocycles. The van der Waals surface area contributed by atoms with Gasteiger partial charge in [0.05, 0.1) is 0 Å². The zero-order valence-electron chi connectivity index (χ0n) is 18.1. The lowest BCUT2D eigenvalue weighted by molar-refractivity contribution is -0.134. The van der Waals surface area contributed by atoms with Crippen molar-refractivity contribution in [3.05, 3.63) is 65.7 Å². The molecule has 0 aromatic heterocycles. The lowest BCUT2D eigenvalue weighted by Crippen LogP contribution is -2.54. The number of likely N-dealkylation sites (tertiary alicyclic amines) is 2. The highest BCUT2D eigenvalue weighted by molar-refractivity contribution is 6.11. The molecule has 5 rings (SSSR count). The van der Waals surface area contributed by atoms with Crippen molar-refractivity contribution in [2.45, 2.75) is 50.6 Å². The second kappa shape index (κ2) is 8.83. The Hall–Kier alpha value is -2.66. The molecular weight excluding hydrogens is 386 g/mol. The first-order valence-electron chi connectivity index (χ1n) is 11.7. The van der Waals surface area contributed by atoms with Crippen molar-refractivity contribution >= 4 is 17.5 Å². The van der Waals surface area contributed by atoms with Crippen LogP contribution in [0.4, 0.5) is 5.69 Å². The Balaban J connectivity index is 1.32. The van der Waals surface area contributed by atoms with Crippen LogP contribution in [0.2, 0.25) is 0 Å². The van der Waals surface area contributed by atoms with E-state index in [1.54, 1.807) is 4.90 Å². The standard InChI is InChI=1S/C26H31N3O2/c30-25(20-9-3-1-4-10-20)29-23-12-6-5-11-21(23)19-24(29)26(31)28-17-13-22(14-18-28)27-15-7-2-8-16-27/h1,3-6,9-12,22,24H,2,7-8,13-19H2. The van der Waals surface area contributed by atoms with Crippen molar-refractivity contribution in [3.63, 3.8) is 0 Å². The number of fused-ring (bicyclic) bond motifs is 1. The van der Waals surface area contributed by atoms with E-state index in [0.29, 0.717) is 18.0 Å². The van der Waals surface area contributed by atoms with Crippen LogP contribution in [-0.2, 0) is 11.2 Å². The van der Waals surface area contributed by atoms with E-state index in [-0.39, 0.29) is 11.8 Å². The summed E-state index contributed by atoms with van der Waals surface area (Å²) in [4.78, 5) is 33.4. The van der Waals surface area contributed by atoms with Crippen molar-refractivity contribution < 1.29 is 9.59 Å². The number of carbonyl (C=O) groups excluding carboxylic acids is 2. The summed E-state index contributed by atoms with van der Waals surface area (Å²) in [6.45, 7) is 3.99. The second-order valence-electron chi connectivity index (χ2n) is 9.04. The average molecular weight is 418 g/mol. The molecule has 2 fully saturated rings. The molecule has 2 aromatic rings. The number of piperidine rings is 2. The highest BCUT2D eigenvalue weighted by Crippen LogP contribution is 2.35. The van der Waals surface area contributed by atoms with Gasteiger partial charge in [0.2, 0.25) is 5.91 Å². The quantitative estimate of drug-likeness (QED) is 0.764. The van der Waals surface area contributed by atoms with Gasteiger partial charge in [-0.2, -0.15) is 0 Å². The van der Waals surface area contributed by atoms with E-state index in [1.165, 1.54) is 32.4 Å². The summed E-state index contributed by atoms with van der Waals surface area (Å²) in [5.74, 6) is 0.00433. The van der Waals surface area contributed by atoms with Gasteiger partial charge in [-0.3, -0.25) is 14.5 Å². The maximum atomic E-state index is 13.6. The van der Waals surface area contributed by atoms with Gasteiger partial charge >= 0.3 is 0 Å². The first-order valence-corrected chi connectivity index (χ1v) is 11.7. The fourth-order valence-corrected chi connectivity index (χ4v) is 5.50. The minimum atomic E-state index is -0.448. The van der Waals surface area contributed by atoms with Crippen LogP contribution in [0.15, 0.2) is 54.6 Å². The number of amides is 2. The molecule has 0 aliphatic carbocycles. The third-order valence-electron chi connectivity index (χ3n) is 7.18. The highest BCUT2D eigenvalue weighted by atomic mass is 16.2. The fraction of sp³-hybridized carbons (Fsp3) is 0.462. The Morgan fingerprint density at radius 2 is 1.45 bits per heavy atom. The normalized spacial score (nSPS) is 22.4. The number of hydrogen-bond acceptors (Lipinski definition) is 3. The fourth-order valence-electron chi connectivity index (χ4n) is 5.50. The summed E-state index contributed by atoms with van der Waals surface area (Å²) in [6, 6.07) is 17.4. The van der Waals surface area contributed by atoms with Gasteiger partial charge in [-0.15, -0.1) is 0 Å². The molecule has 162 valence electrons. The summed E-state index contributed by atoms with van der Waals surface area (Å²) in [6.07, 6.45) is 6.63. The van der Waals surface area contributed by atoms with Gasteiger partial charge < -0.3 is 9.80 Å². The summed E-state index contributed by atoms with van der Waals surface area (Å²) < 4.78 is 0. The number of anilines is 1. The van der Waals surface area contributed by atoms with E-state index in [0.717, 1.165) is 37.2 Å². The molecule has 2 amide bonds. The molecule has 3 aliphatic rings. The van der Waals surface area contributed by atoms with Crippen molar-refractivity contribution in [2.75, 3.05) is 31.1 Å². The number of benzene rings is 2. The van der Waals surface area contributed by atoms with E-state index < -0.39 is 6.04 Å². The summed E-state index contributed by atoms with van der Waals surface area (Å²) in [7, 11) is 0. The number of nitrogens with zero attached hydrogens (tertiary/aromatic N) is 3. The molecule has 1 atom stereocenters. The van der Waals surface area contributed by atoms with E-state index in [1.807, 2.05) is 59.5 Å². The maximum absolute atomic E-state index is 13.6. The molecule has 1 unspecified atom stereocenters. The molecule has 3 heterocycles. The van der Waals surface area contributed by atoms with Gasteiger partial charge in [0.15, 0.2) is 0 Å². The lowest BCUT2D eigenvalue weighted by Gasteiger charge is -2.41. The topological polar surface area (TPSA) is 43.9 Å². The van der Waals surface area contributed by atoms with E-state index >= 15 is 0 Å². The first-order chi connectivity index (χ1) is 15.2. The average Bonchev–Trinajstić information content (AvgIpc) is 3.24. The third-order valence-corrected chi connectivity index (χ3v) is 7.18. The Morgan fingerprint density at radius 1 is 0.774 bits per heavy atom. The SMILES string of the molecule is O=C(C1Cc2ccccc2N1C(=O)c1ccccc1)N1CCC(N2CCCCC2)CC1. The molecular formula is C26H31N3O2. The molecule has 0 N–H and O–H groups in total. The summed E-state index contributed by atoms with van der Waals surface area (Å²) >= 11 is 0. The van der Waals surface area contributed by atoms with E-state index in [4.69, 9.17) is 0 Å². The molecule has 31 heavy (non-hydrogen) atoms. The maximum Gasteiger partial charge on any atom is 0.259 e. The van der Waals surface area contributed by atoms with Crippen LogP contribution in [-0.4, -0.2) is 59.9 Å².